The molecule has 1 saturated heterocycles. The fourth-order valence-electron chi connectivity index (χ4n) is 2.37. The maximum atomic E-state index is 12.6. The summed E-state index contributed by atoms with van der Waals surface area (Å²) < 4.78 is 5.77. The number of carbonyl (C=O) groups is 2. The fourth-order valence-corrected chi connectivity index (χ4v) is 3.62. The van der Waals surface area contributed by atoms with Crippen molar-refractivity contribution in [3.63, 3.8) is 0 Å². The third kappa shape index (κ3) is 4.50. The van der Waals surface area contributed by atoms with Crippen LogP contribution in [0.4, 0.5) is 0 Å². The number of rotatable bonds is 6. The number of hydrogen-bond donors (Lipinski definition) is 1. The van der Waals surface area contributed by atoms with Crippen LogP contribution in [0, 0.1) is 0 Å². The van der Waals surface area contributed by atoms with Crippen LogP contribution < -0.4 is 10.5 Å². The van der Waals surface area contributed by atoms with Crippen LogP contribution in [-0.2, 0) is 16.1 Å². The van der Waals surface area contributed by atoms with Gasteiger partial charge in [0.25, 0.3) is 11.8 Å². The lowest BCUT2D eigenvalue weighted by Gasteiger charge is -2.14. The predicted octanol–water partition coefficient (Wildman–Crippen LogP) is 2.95. The van der Waals surface area contributed by atoms with E-state index < -0.39 is 5.91 Å². The molecule has 26 heavy (non-hydrogen) atoms. The molecule has 0 bridgehead atoms. The molecule has 2 aromatic rings. The second kappa shape index (κ2) is 8.16. The van der Waals surface area contributed by atoms with Gasteiger partial charge in [-0.1, -0.05) is 66.4 Å². The first kappa shape index (κ1) is 18.2. The largest absolute Gasteiger partial charge is 0.484 e. The molecule has 132 valence electrons. The first-order chi connectivity index (χ1) is 12.5. The molecule has 1 fully saturated rings. The van der Waals surface area contributed by atoms with E-state index >= 15 is 0 Å². The van der Waals surface area contributed by atoms with Gasteiger partial charge in [-0.05, 0) is 29.3 Å². The fraction of sp³-hybridized carbons (Fsp3) is 0.105. The number of amides is 2. The summed E-state index contributed by atoms with van der Waals surface area (Å²) in [5.41, 5.74) is 6.92. The van der Waals surface area contributed by atoms with Crippen molar-refractivity contribution in [2.45, 2.75) is 6.54 Å². The Kier molecular flexibility index (Phi) is 5.70. The van der Waals surface area contributed by atoms with E-state index in [1.807, 2.05) is 30.3 Å². The minimum Gasteiger partial charge on any atom is -0.484 e. The summed E-state index contributed by atoms with van der Waals surface area (Å²) in [4.78, 5) is 25.6. The summed E-state index contributed by atoms with van der Waals surface area (Å²) in [6.07, 6.45) is 1.79. The number of ether oxygens (including phenoxy) is 1. The van der Waals surface area contributed by atoms with Gasteiger partial charge in [-0.3, -0.25) is 14.5 Å². The smallest absolute Gasteiger partial charge is 0.266 e. The minimum absolute atomic E-state index is 0.0992. The average molecular weight is 384 g/mol. The van der Waals surface area contributed by atoms with E-state index in [-0.39, 0.29) is 12.5 Å². The second-order valence-electron chi connectivity index (χ2n) is 5.58. The highest BCUT2D eigenvalue weighted by molar-refractivity contribution is 8.26. The highest BCUT2D eigenvalue weighted by Gasteiger charge is 2.31. The van der Waals surface area contributed by atoms with Gasteiger partial charge in [0.1, 0.15) is 10.1 Å². The van der Waals surface area contributed by atoms with Crippen LogP contribution in [-0.4, -0.2) is 27.6 Å². The number of hydrogen-bond acceptors (Lipinski definition) is 5. The van der Waals surface area contributed by atoms with E-state index in [2.05, 4.69) is 0 Å². The van der Waals surface area contributed by atoms with Gasteiger partial charge in [0.15, 0.2) is 6.61 Å². The number of nitrogens with two attached hydrogens (primary N) is 1. The molecule has 0 saturated carbocycles. The maximum absolute atomic E-state index is 12.6. The van der Waals surface area contributed by atoms with Gasteiger partial charge in [-0.15, -0.1) is 0 Å². The zero-order valence-electron chi connectivity index (χ0n) is 13.8. The van der Waals surface area contributed by atoms with Gasteiger partial charge in [-0.2, -0.15) is 0 Å². The third-order valence-corrected chi connectivity index (χ3v) is 4.99. The minimum atomic E-state index is -0.531. The SMILES string of the molecule is NC(=O)COc1ccc(/C=C2/SC(=S)N(Cc3ccccc3)C2=O)cc1. The van der Waals surface area contributed by atoms with E-state index in [1.54, 1.807) is 35.2 Å². The Morgan fingerprint density at radius 1 is 1.15 bits per heavy atom. The molecule has 2 N–H and O–H groups in total. The Hall–Kier alpha value is -2.64. The van der Waals surface area contributed by atoms with Gasteiger partial charge < -0.3 is 10.5 Å². The quantitative estimate of drug-likeness (QED) is 0.612. The lowest BCUT2D eigenvalue weighted by Crippen LogP contribution is -2.27. The molecule has 5 nitrogen and oxygen atoms in total. The summed E-state index contributed by atoms with van der Waals surface area (Å²) in [6.45, 7) is 0.292. The van der Waals surface area contributed by atoms with Gasteiger partial charge in [0.05, 0.1) is 11.4 Å². The van der Waals surface area contributed by atoms with Crippen LogP contribution in [0.25, 0.3) is 6.08 Å². The molecule has 0 unspecified atom stereocenters. The Balaban J connectivity index is 1.70. The molecule has 1 heterocycles. The Morgan fingerprint density at radius 3 is 2.50 bits per heavy atom. The third-order valence-electron chi connectivity index (χ3n) is 3.62. The highest BCUT2D eigenvalue weighted by Crippen LogP contribution is 2.33. The molecule has 0 aliphatic carbocycles. The van der Waals surface area contributed by atoms with Crippen molar-refractivity contribution in [2.75, 3.05) is 6.61 Å². The Labute approximate surface area is 160 Å². The summed E-state index contributed by atoms with van der Waals surface area (Å²) >= 11 is 6.64. The number of carbonyl (C=O) groups excluding carboxylic acids is 2. The van der Waals surface area contributed by atoms with Gasteiger partial charge in [-0.25, -0.2) is 0 Å². The second-order valence-corrected chi connectivity index (χ2v) is 7.25. The van der Waals surface area contributed by atoms with Crippen LogP contribution in [0.2, 0.25) is 0 Å². The van der Waals surface area contributed by atoms with Crippen LogP contribution in [0.5, 0.6) is 5.75 Å². The molecule has 0 spiro atoms. The standard InChI is InChI=1S/C19H16N2O3S2/c20-17(22)12-24-15-8-6-13(7-9-15)10-16-18(23)21(19(25)26-16)11-14-4-2-1-3-5-14/h1-10H,11-12H2,(H2,20,22)/b16-10+. The van der Waals surface area contributed by atoms with Gasteiger partial charge in [0.2, 0.25) is 0 Å². The molecule has 1 aliphatic heterocycles. The van der Waals surface area contributed by atoms with Crippen LogP contribution in [0.3, 0.4) is 0 Å². The Morgan fingerprint density at radius 2 is 1.85 bits per heavy atom. The van der Waals surface area contributed by atoms with Crippen LogP contribution >= 0.6 is 24.0 Å². The summed E-state index contributed by atoms with van der Waals surface area (Å²) in [7, 11) is 0. The summed E-state index contributed by atoms with van der Waals surface area (Å²) in [5, 5.41) is 0. The molecule has 0 aromatic heterocycles. The topological polar surface area (TPSA) is 72.6 Å². The molecule has 0 atom stereocenters. The molecule has 3 rings (SSSR count). The lowest BCUT2D eigenvalue weighted by atomic mass is 10.2. The lowest BCUT2D eigenvalue weighted by molar-refractivity contribution is -0.122. The molecular weight excluding hydrogens is 368 g/mol. The first-order valence-electron chi connectivity index (χ1n) is 7.83. The van der Waals surface area contributed by atoms with Crippen molar-refractivity contribution < 1.29 is 14.3 Å². The van der Waals surface area contributed by atoms with Crippen molar-refractivity contribution in [2.24, 2.45) is 5.73 Å². The van der Waals surface area contributed by atoms with Crippen molar-refractivity contribution in [1.29, 1.82) is 0 Å². The number of benzene rings is 2. The van der Waals surface area contributed by atoms with E-state index in [4.69, 9.17) is 22.7 Å². The zero-order valence-corrected chi connectivity index (χ0v) is 15.4. The normalized spacial score (nSPS) is 15.5. The molecular formula is C19H16N2O3S2. The zero-order chi connectivity index (χ0) is 18.5. The molecule has 7 heteroatoms. The number of nitrogens with zero attached hydrogens (tertiary/aromatic N) is 1. The van der Waals surface area contributed by atoms with Crippen LogP contribution in [0.1, 0.15) is 11.1 Å². The monoisotopic (exact) mass is 384 g/mol. The van der Waals surface area contributed by atoms with Crippen molar-refractivity contribution in [3.05, 3.63) is 70.6 Å². The summed E-state index contributed by atoms with van der Waals surface area (Å²) in [6, 6.07) is 16.8. The van der Waals surface area contributed by atoms with Crippen molar-refractivity contribution in [1.82, 2.24) is 4.90 Å². The maximum Gasteiger partial charge on any atom is 0.266 e. The first-order valence-corrected chi connectivity index (χ1v) is 9.06. The van der Waals surface area contributed by atoms with Crippen molar-refractivity contribution >= 4 is 46.2 Å². The number of thioether (sulfide) groups is 1. The molecule has 2 amide bonds. The summed E-state index contributed by atoms with van der Waals surface area (Å²) in [5.74, 6) is -0.0911. The van der Waals surface area contributed by atoms with E-state index in [0.29, 0.717) is 21.5 Å². The van der Waals surface area contributed by atoms with Crippen molar-refractivity contribution in [3.8, 4) is 5.75 Å². The highest BCUT2D eigenvalue weighted by atomic mass is 32.2. The molecule has 1 aliphatic rings. The Bertz CT molecular complexity index is 864. The number of primary amides is 1. The van der Waals surface area contributed by atoms with Gasteiger partial charge >= 0.3 is 0 Å². The average Bonchev–Trinajstić information content (AvgIpc) is 2.89. The van der Waals surface area contributed by atoms with Crippen LogP contribution in [0.15, 0.2) is 59.5 Å². The number of thiocarbonyl (C=S) groups is 1. The molecule has 2 aromatic carbocycles. The van der Waals surface area contributed by atoms with E-state index in [9.17, 15) is 9.59 Å². The van der Waals surface area contributed by atoms with E-state index in [1.165, 1.54) is 11.8 Å². The van der Waals surface area contributed by atoms with Gasteiger partial charge in [0, 0.05) is 0 Å². The van der Waals surface area contributed by atoms with E-state index in [0.717, 1.165) is 11.1 Å². The predicted molar refractivity (Wildman–Crippen MR) is 106 cm³/mol. The molecule has 0 radical (unpaired) electrons.